The average Bonchev–Trinajstić information content (AvgIpc) is 3.39. The van der Waals surface area contributed by atoms with Crippen molar-refractivity contribution in [2.75, 3.05) is 17.7 Å². The summed E-state index contributed by atoms with van der Waals surface area (Å²) in [5.41, 5.74) is -0.650. The molecule has 0 aliphatic carbocycles. The zero-order valence-corrected chi connectivity index (χ0v) is 25.6. The summed E-state index contributed by atoms with van der Waals surface area (Å²) in [6.07, 6.45) is 1.88. The molecule has 9 nitrogen and oxygen atoms in total. The predicted octanol–water partition coefficient (Wildman–Crippen LogP) is 5.73. The van der Waals surface area contributed by atoms with Gasteiger partial charge in [-0.1, -0.05) is 44.5 Å². The van der Waals surface area contributed by atoms with E-state index in [0.29, 0.717) is 22.8 Å². The maximum atomic E-state index is 16.0. The molecular formula is C30H29BrClFN4O5. The van der Waals surface area contributed by atoms with Crippen LogP contribution in [-0.4, -0.2) is 47.1 Å². The smallest absolute Gasteiger partial charge is 0.335 e. The van der Waals surface area contributed by atoms with Gasteiger partial charge in [0.15, 0.2) is 0 Å². The van der Waals surface area contributed by atoms with E-state index in [2.05, 4.69) is 36.9 Å². The molecule has 3 heterocycles. The number of nitrogens with one attached hydrogen (secondary N) is 3. The molecule has 4 N–H and O–H groups in total. The molecule has 0 bridgehead atoms. The van der Waals surface area contributed by atoms with Crippen molar-refractivity contribution in [2.45, 2.75) is 50.6 Å². The molecule has 220 valence electrons. The summed E-state index contributed by atoms with van der Waals surface area (Å²) in [5, 5.41) is 18.8. The first-order valence-electron chi connectivity index (χ1n) is 13.2. The zero-order chi connectivity index (χ0) is 30.6. The molecule has 3 aromatic rings. The molecule has 1 spiro atoms. The molecule has 2 aliphatic rings. The van der Waals surface area contributed by atoms with E-state index in [4.69, 9.17) is 16.3 Å². The summed E-state index contributed by atoms with van der Waals surface area (Å²) < 4.78 is 21.5. The number of benzene rings is 2. The lowest BCUT2D eigenvalue weighted by atomic mass is 9.64. The third kappa shape index (κ3) is 5.03. The number of carboxylic acids is 1. The van der Waals surface area contributed by atoms with Crippen LogP contribution >= 0.6 is 27.5 Å². The molecule has 1 saturated heterocycles. The molecular weight excluding hydrogens is 631 g/mol. The van der Waals surface area contributed by atoms with Crippen molar-refractivity contribution in [1.29, 1.82) is 0 Å². The Morgan fingerprint density at radius 2 is 1.98 bits per heavy atom. The molecule has 0 saturated carbocycles. The van der Waals surface area contributed by atoms with Gasteiger partial charge in [-0.25, -0.2) is 9.18 Å². The minimum Gasteiger partial charge on any atom is -0.495 e. The highest BCUT2D eigenvalue weighted by Crippen LogP contribution is 2.56. The van der Waals surface area contributed by atoms with Gasteiger partial charge in [0, 0.05) is 18.2 Å². The van der Waals surface area contributed by atoms with E-state index in [-0.39, 0.29) is 32.5 Å². The Morgan fingerprint density at radius 3 is 2.64 bits per heavy atom. The largest absolute Gasteiger partial charge is 0.495 e. The Bertz CT molecular complexity index is 1610. The molecule has 2 aliphatic heterocycles. The molecule has 5 rings (SSSR count). The molecule has 4 atom stereocenters. The number of methoxy groups -OCH3 is 1. The molecule has 1 fully saturated rings. The number of pyridine rings is 1. The van der Waals surface area contributed by atoms with Gasteiger partial charge in [0.05, 0.1) is 45.3 Å². The highest BCUT2D eigenvalue weighted by molar-refractivity contribution is 9.10. The number of amides is 2. The Hall–Kier alpha value is -3.54. The van der Waals surface area contributed by atoms with Crippen LogP contribution in [-0.2, 0) is 15.0 Å². The third-order valence-corrected chi connectivity index (χ3v) is 8.57. The van der Waals surface area contributed by atoms with E-state index >= 15 is 4.39 Å². The molecule has 12 heteroatoms. The maximum absolute atomic E-state index is 16.0. The second kappa shape index (κ2) is 10.9. The van der Waals surface area contributed by atoms with Crippen molar-refractivity contribution in [3.05, 3.63) is 80.8 Å². The quantitative estimate of drug-likeness (QED) is 0.266. The van der Waals surface area contributed by atoms with E-state index in [9.17, 15) is 19.5 Å². The fourth-order valence-electron chi connectivity index (χ4n) is 6.12. The number of halogens is 3. The van der Waals surface area contributed by atoms with E-state index in [0.717, 1.165) is 0 Å². The summed E-state index contributed by atoms with van der Waals surface area (Å²) in [4.78, 5) is 44.4. The van der Waals surface area contributed by atoms with Crippen LogP contribution in [0.2, 0.25) is 5.02 Å². The van der Waals surface area contributed by atoms with Gasteiger partial charge in [-0.05, 0) is 63.7 Å². The molecule has 2 amide bonds. The average molecular weight is 660 g/mol. The summed E-state index contributed by atoms with van der Waals surface area (Å²) >= 11 is 9.49. The van der Waals surface area contributed by atoms with Crippen molar-refractivity contribution in [1.82, 2.24) is 10.3 Å². The monoisotopic (exact) mass is 658 g/mol. The minimum atomic E-state index is -1.48. The van der Waals surface area contributed by atoms with Crippen LogP contribution < -0.4 is 20.7 Å². The molecule has 2 aromatic carbocycles. The molecule has 42 heavy (non-hydrogen) atoms. The van der Waals surface area contributed by atoms with Crippen LogP contribution in [0.25, 0.3) is 0 Å². The Balaban J connectivity index is 1.70. The molecule has 1 aromatic heterocycles. The van der Waals surface area contributed by atoms with Gasteiger partial charge in [0.25, 0.3) is 0 Å². The van der Waals surface area contributed by atoms with Crippen molar-refractivity contribution < 1.29 is 28.6 Å². The lowest BCUT2D eigenvalue weighted by Crippen LogP contribution is -2.50. The zero-order valence-electron chi connectivity index (χ0n) is 23.2. The fraction of sp³-hybridized carbons (Fsp3) is 0.333. The first-order valence-corrected chi connectivity index (χ1v) is 14.3. The second-order valence-corrected chi connectivity index (χ2v) is 13.0. The van der Waals surface area contributed by atoms with Crippen molar-refractivity contribution >= 4 is 56.7 Å². The minimum absolute atomic E-state index is 0.0221. The lowest BCUT2D eigenvalue weighted by Gasteiger charge is -2.37. The highest BCUT2D eigenvalue weighted by atomic mass is 79.9. The maximum Gasteiger partial charge on any atom is 0.335 e. The summed E-state index contributed by atoms with van der Waals surface area (Å²) in [7, 11) is 1.36. The molecule has 0 radical (unpaired) electrons. The van der Waals surface area contributed by atoms with Gasteiger partial charge < -0.3 is 25.8 Å². The Labute approximate surface area is 255 Å². The van der Waals surface area contributed by atoms with E-state index in [1.165, 1.54) is 31.5 Å². The van der Waals surface area contributed by atoms with E-state index in [1.807, 2.05) is 20.8 Å². The van der Waals surface area contributed by atoms with Crippen molar-refractivity contribution in [3.8, 4) is 5.75 Å². The summed E-state index contributed by atoms with van der Waals surface area (Å²) in [6, 6.07) is 8.67. The van der Waals surface area contributed by atoms with Gasteiger partial charge in [0.2, 0.25) is 11.8 Å². The highest BCUT2D eigenvalue weighted by Gasteiger charge is 2.67. The number of carbonyl (C=O) groups excluding carboxylic acids is 2. The van der Waals surface area contributed by atoms with Gasteiger partial charge in [-0.15, -0.1) is 0 Å². The summed E-state index contributed by atoms with van der Waals surface area (Å²) in [6.45, 7) is 6.05. The molecule has 0 unspecified atom stereocenters. The predicted molar refractivity (Wildman–Crippen MR) is 160 cm³/mol. The number of hydrogen-bond donors (Lipinski definition) is 4. The number of hydrogen-bond acceptors (Lipinski definition) is 6. The number of fused-ring (bicyclic) bond motifs is 2. The SMILES string of the molecule is COc1cc(C(=O)O)ccc1NC(=O)[C@@H]1N[C@@H](CC(C)(C)C)[C@@]2(C(=O)Nc3cc(Cl)cnc32)[C@H]1c1cccc(Br)c1F. The first kappa shape index (κ1) is 29.9. The van der Waals surface area contributed by atoms with Gasteiger partial charge in [0.1, 0.15) is 17.0 Å². The number of carbonyl (C=O) groups is 3. The first-order chi connectivity index (χ1) is 19.8. The topological polar surface area (TPSA) is 130 Å². The third-order valence-electron chi connectivity index (χ3n) is 7.75. The van der Waals surface area contributed by atoms with Crippen molar-refractivity contribution in [2.24, 2.45) is 5.41 Å². The van der Waals surface area contributed by atoms with Crippen LogP contribution in [0.3, 0.4) is 0 Å². The number of aromatic carboxylic acids is 1. The number of carboxylic acid groups (broad SMARTS) is 1. The van der Waals surface area contributed by atoms with Crippen LogP contribution in [0, 0.1) is 11.2 Å². The van der Waals surface area contributed by atoms with Crippen molar-refractivity contribution in [3.63, 3.8) is 0 Å². The Kier molecular flexibility index (Phi) is 7.80. The van der Waals surface area contributed by atoms with Gasteiger partial charge in [-0.3, -0.25) is 14.6 Å². The second-order valence-electron chi connectivity index (χ2n) is 11.7. The number of nitrogens with zero attached hydrogens (tertiary/aromatic N) is 1. The number of anilines is 2. The Morgan fingerprint density at radius 1 is 1.24 bits per heavy atom. The van der Waals surface area contributed by atoms with Crippen LogP contribution in [0.5, 0.6) is 5.75 Å². The number of rotatable bonds is 6. The fourth-order valence-corrected chi connectivity index (χ4v) is 6.66. The number of ether oxygens (including phenoxy) is 1. The van der Waals surface area contributed by atoms with Gasteiger partial charge >= 0.3 is 5.97 Å². The normalized spacial score (nSPS) is 23.0. The summed E-state index contributed by atoms with van der Waals surface area (Å²) in [5.74, 6) is -3.64. The van der Waals surface area contributed by atoms with Gasteiger partial charge in [-0.2, -0.15) is 0 Å². The van der Waals surface area contributed by atoms with Crippen LogP contribution in [0.4, 0.5) is 15.8 Å². The number of aromatic nitrogens is 1. The standard InChI is InChI=1S/C30H29BrClFN4O5/c1-29(2,3)12-21-30(25-19(36-28(30)41)11-15(32)13-34-25)22(16-6-5-7-17(31)23(16)33)24(37-21)26(38)35-18-9-8-14(27(39)40)10-20(18)42-4/h5-11,13,21-22,24,37H,12H2,1-4H3,(H,35,38)(H,36,41)(H,39,40)/t21-,22-,24+,30+/m0/s1. The lowest BCUT2D eigenvalue weighted by molar-refractivity contribution is -0.122. The van der Waals surface area contributed by atoms with E-state index < -0.39 is 47.0 Å². The van der Waals surface area contributed by atoms with Crippen LogP contribution in [0.1, 0.15) is 54.7 Å². The van der Waals surface area contributed by atoms with Crippen LogP contribution in [0.15, 0.2) is 53.1 Å². The van der Waals surface area contributed by atoms with E-state index in [1.54, 1.807) is 24.3 Å².